The smallest absolute Gasteiger partial charge is 0.194 e. The van der Waals surface area contributed by atoms with Crippen LogP contribution in [0.25, 0.3) is 0 Å². The van der Waals surface area contributed by atoms with Crippen LogP contribution >= 0.6 is 0 Å². The van der Waals surface area contributed by atoms with Crippen LogP contribution in [0.3, 0.4) is 0 Å². The summed E-state index contributed by atoms with van der Waals surface area (Å²) in [6.45, 7) is 15.7. The molecule has 2 rings (SSSR count). The molecular formula is C18H35N7. The van der Waals surface area contributed by atoms with E-state index in [9.17, 15) is 0 Å². The molecule has 142 valence electrons. The molecule has 0 saturated carbocycles. The molecule has 2 heterocycles. The zero-order chi connectivity index (χ0) is 18.2. The number of piperazine rings is 1. The molecule has 25 heavy (non-hydrogen) atoms. The van der Waals surface area contributed by atoms with Crippen molar-refractivity contribution in [2.24, 2.45) is 18.0 Å². The maximum absolute atomic E-state index is 4.84. The van der Waals surface area contributed by atoms with Crippen molar-refractivity contribution >= 4 is 5.96 Å². The Kier molecular flexibility index (Phi) is 7.68. The van der Waals surface area contributed by atoms with E-state index in [-0.39, 0.29) is 0 Å². The summed E-state index contributed by atoms with van der Waals surface area (Å²) in [7, 11) is 2.00. The zero-order valence-corrected chi connectivity index (χ0v) is 16.6. The summed E-state index contributed by atoms with van der Waals surface area (Å²) < 4.78 is 2.01. The van der Waals surface area contributed by atoms with Crippen molar-refractivity contribution < 1.29 is 0 Å². The highest BCUT2D eigenvalue weighted by molar-refractivity contribution is 5.80. The normalized spacial score (nSPS) is 16.7. The van der Waals surface area contributed by atoms with E-state index in [0.29, 0.717) is 6.54 Å². The third-order valence-corrected chi connectivity index (χ3v) is 4.66. The molecule has 1 fully saturated rings. The van der Waals surface area contributed by atoms with Gasteiger partial charge in [-0.3, -0.25) is 4.90 Å². The quantitative estimate of drug-likeness (QED) is 0.461. The lowest BCUT2D eigenvalue weighted by Crippen LogP contribution is -2.53. The van der Waals surface area contributed by atoms with Gasteiger partial charge in [-0.05, 0) is 19.3 Å². The molecule has 0 radical (unpaired) electrons. The van der Waals surface area contributed by atoms with Crippen molar-refractivity contribution in [3.63, 3.8) is 0 Å². The summed E-state index contributed by atoms with van der Waals surface area (Å²) in [5.41, 5.74) is 0. The van der Waals surface area contributed by atoms with Gasteiger partial charge in [-0.1, -0.05) is 27.2 Å². The van der Waals surface area contributed by atoms with Crippen LogP contribution in [-0.4, -0.2) is 69.8 Å². The van der Waals surface area contributed by atoms with Crippen molar-refractivity contribution in [1.29, 1.82) is 0 Å². The summed E-state index contributed by atoms with van der Waals surface area (Å²) in [4.78, 5) is 9.78. The van der Waals surface area contributed by atoms with Gasteiger partial charge in [0.25, 0.3) is 0 Å². The summed E-state index contributed by atoms with van der Waals surface area (Å²) in [5.74, 6) is 3.57. The van der Waals surface area contributed by atoms with Crippen LogP contribution in [0.2, 0.25) is 0 Å². The van der Waals surface area contributed by atoms with Crippen molar-refractivity contribution in [2.45, 2.75) is 47.1 Å². The van der Waals surface area contributed by atoms with Crippen LogP contribution in [0, 0.1) is 12.8 Å². The second kappa shape index (κ2) is 9.75. The monoisotopic (exact) mass is 349 g/mol. The van der Waals surface area contributed by atoms with Gasteiger partial charge >= 0.3 is 0 Å². The zero-order valence-electron chi connectivity index (χ0n) is 16.6. The summed E-state index contributed by atoms with van der Waals surface area (Å²) in [5, 5.41) is 11.9. The lowest BCUT2D eigenvalue weighted by Gasteiger charge is -2.37. The topological polar surface area (TPSA) is 61.6 Å². The molecule has 1 N–H and O–H groups in total. The van der Waals surface area contributed by atoms with Crippen molar-refractivity contribution in [1.82, 2.24) is 29.9 Å². The van der Waals surface area contributed by atoms with Gasteiger partial charge < -0.3 is 14.8 Å². The molecule has 1 aliphatic rings. The minimum Gasteiger partial charge on any atom is -0.356 e. The van der Waals surface area contributed by atoms with Gasteiger partial charge in [0.15, 0.2) is 11.8 Å². The van der Waals surface area contributed by atoms with E-state index in [1.165, 1.54) is 13.0 Å². The summed E-state index contributed by atoms with van der Waals surface area (Å²) in [6.07, 6.45) is 2.35. The molecular weight excluding hydrogens is 314 g/mol. The molecule has 1 aromatic heterocycles. The highest BCUT2D eigenvalue weighted by Crippen LogP contribution is 2.07. The van der Waals surface area contributed by atoms with Crippen LogP contribution in [0.15, 0.2) is 4.99 Å². The average Bonchev–Trinajstić information content (AvgIpc) is 2.90. The number of aromatic nitrogens is 3. The second-order valence-electron chi connectivity index (χ2n) is 7.32. The highest BCUT2D eigenvalue weighted by Gasteiger charge is 2.20. The van der Waals surface area contributed by atoms with Crippen LogP contribution < -0.4 is 5.32 Å². The number of unbranched alkanes of at least 4 members (excludes halogenated alkanes) is 1. The van der Waals surface area contributed by atoms with Gasteiger partial charge in [0.2, 0.25) is 0 Å². The Morgan fingerprint density at radius 1 is 1.20 bits per heavy atom. The second-order valence-corrected chi connectivity index (χ2v) is 7.32. The maximum atomic E-state index is 4.84. The Labute approximate surface area is 152 Å². The Morgan fingerprint density at radius 3 is 2.48 bits per heavy atom. The number of hydrogen-bond acceptors (Lipinski definition) is 4. The molecule has 0 aromatic carbocycles. The van der Waals surface area contributed by atoms with Crippen molar-refractivity contribution in [3.8, 4) is 0 Å². The lowest BCUT2D eigenvalue weighted by molar-refractivity contribution is 0.163. The van der Waals surface area contributed by atoms with Gasteiger partial charge in [-0.15, -0.1) is 10.2 Å². The third kappa shape index (κ3) is 5.99. The van der Waals surface area contributed by atoms with Gasteiger partial charge in [0.05, 0.1) is 0 Å². The van der Waals surface area contributed by atoms with Gasteiger partial charge in [0, 0.05) is 46.3 Å². The molecule has 1 saturated heterocycles. The minimum atomic E-state index is 0.567. The molecule has 1 aliphatic heterocycles. The number of aliphatic imine (C=N–C) groups is 1. The Balaban J connectivity index is 1.98. The summed E-state index contributed by atoms with van der Waals surface area (Å²) in [6, 6.07) is 0. The average molecular weight is 350 g/mol. The van der Waals surface area contributed by atoms with E-state index in [0.717, 1.165) is 62.7 Å². The third-order valence-electron chi connectivity index (χ3n) is 4.66. The number of guanidine groups is 1. The van der Waals surface area contributed by atoms with E-state index in [2.05, 4.69) is 46.1 Å². The van der Waals surface area contributed by atoms with E-state index in [4.69, 9.17) is 4.99 Å². The molecule has 0 spiro atoms. The van der Waals surface area contributed by atoms with Crippen LogP contribution in [0.5, 0.6) is 0 Å². The van der Waals surface area contributed by atoms with E-state index in [1.807, 2.05) is 18.5 Å². The first-order valence-electron chi connectivity index (χ1n) is 9.61. The molecule has 0 bridgehead atoms. The van der Waals surface area contributed by atoms with Gasteiger partial charge in [-0.25, -0.2) is 4.99 Å². The molecule has 0 amide bonds. The Morgan fingerprint density at radius 2 is 1.92 bits per heavy atom. The minimum absolute atomic E-state index is 0.567. The standard InChI is InChI=1S/C18H35N7/c1-6-7-8-19-18(20-13-17-22-21-16(4)23(17)5)25-11-9-24(10-12-25)14-15(2)3/h15H,6-14H2,1-5H3,(H,19,20). The first-order valence-corrected chi connectivity index (χ1v) is 9.61. The van der Waals surface area contributed by atoms with Gasteiger partial charge in [-0.2, -0.15) is 0 Å². The molecule has 7 nitrogen and oxygen atoms in total. The lowest BCUT2D eigenvalue weighted by atomic mass is 10.2. The largest absolute Gasteiger partial charge is 0.356 e. The number of rotatable bonds is 7. The van der Waals surface area contributed by atoms with E-state index < -0.39 is 0 Å². The van der Waals surface area contributed by atoms with E-state index >= 15 is 0 Å². The maximum Gasteiger partial charge on any atom is 0.194 e. The fourth-order valence-electron chi connectivity index (χ4n) is 3.04. The predicted octanol–water partition coefficient (Wildman–Crippen LogP) is 1.64. The highest BCUT2D eigenvalue weighted by atomic mass is 15.4. The fourth-order valence-corrected chi connectivity index (χ4v) is 3.04. The predicted molar refractivity (Wildman–Crippen MR) is 103 cm³/mol. The number of aryl methyl sites for hydroxylation is 1. The fraction of sp³-hybridized carbons (Fsp3) is 0.833. The SMILES string of the molecule is CCCCNC(=NCc1nnc(C)n1C)N1CCN(CC(C)C)CC1. The molecule has 0 aliphatic carbocycles. The van der Waals surface area contributed by atoms with E-state index in [1.54, 1.807) is 0 Å². The first-order chi connectivity index (χ1) is 12.0. The van der Waals surface area contributed by atoms with Crippen LogP contribution in [0.4, 0.5) is 0 Å². The Bertz CT molecular complexity index is 542. The Hall–Kier alpha value is -1.63. The number of nitrogens with zero attached hydrogens (tertiary/aromatic N) is 6. The molecule has 1 aromatic rings. The van der Waals surface area contributed by atoms with Crippen LogP contribution in [-0.2, 0) is 13.6 Å². The first kappa shape index (κ1) is 19.7. The molecule has 0 atom stereocenters. The summed E-state index contributed by atoms with van der Waals surface area (Å²) >= 11 is 0. The number of hydrogen-bond donors (Lipinski definition) is 1. The van der Waals surface area contributed by atoms with Gasteiger partial charge in [0.1, 0.15) is 12.4 Å². The van der Waals surface area contributed by atoms with Crippen LogP contribution in [0.1, 0.15) is 45.3 Å². The molecule has 7 heteroatoms. The molecule has 0 unspecified atom stereocenters. The number of nitrogens with one attached hydrogen (secondary N) is 1. The van der Waals surface area contributed by atoms with Crippen molar-refractivity contribution in [2.75, 3.05) is 39.3 Å². The van der Waals surface area contributed by atoms with Crippen molar-refractivity contribution in [3.05, 3.63) is 11.6 Å².